The first-order valence-corrected chi connectivity index (χ1v) is 5.17. The maximum absolute atomic E-state index is 13.3. The average Bonchev–Trinajstić information content (AvgIpc) is 2.20. The van der Waals surface area contributed by atoms with Gasteiger partial charge in [-0.1, -0.05) is 19.9 Å². The van der Waals surface area contributed by atoms with Crippen LogP contribution in [0.3, 0.4) is 0 Å². The quantitative estimate of drug-likeness (QED) is 0.803. The Kier molecular flexibility index (Phi) is 4.12. The molecule has 0 saturated heterocycles. The fourth-order valence-corrected chi connectivity index (χ4v) is 1.51. The van der Waals surface area contributed by atoms with Crippen LogP contribution >= 0.6 is 0 Å². The summed E-state index contributed by atoms with van der Waals surface area (Å²) in [5.74, 6) is -2.46. The van der Waals surface area contributed by atoms with E-state index in [9.17, 15) is 13.6 Å². The number of carbonyl (C=O) groups is 1. The zero-order chi connectivity index (χ0) is 12.3. The van der Waals surface area contributed by atoms with E-state index in [1.165, 1.54) is 12.1 Å². The zero-order valence-electron chi connectivity index (χ0n) is 9.34. The third-order valence-electron chi connectivity index (χ3n) is 2.28. The number of rotatable bonds is 4. The summed E-state index contributed by atoms with van der Waals surface area (Å²) in [5.41, 5.74) is 5.36. The van der Waals surface area contributed by atoms with E-state index < -0.39 is 23.5 Å². The highest BCUT2D eigenvalue weighted by Crippen LogP contribution is 2.15. The van der Waals surface area contributed by atoms with Gasteiger partial charge >= 0.3 is 0 Å². The molecule has 4 heteroatoms. The summed E-state index contributed by atoms with van der Waals surface area (Å²) in [7, 11) is 0. The summed E-state index contributed by atoms with van der Waals surface area (Å²) in [6.07, 6.45) is 0.453. The molecule has 2 nitrogen and oxygen atoms in total. The first-order valence-electron chi connectivity index (χ1n) is 5.17. The zero-order valence-corrected chi connectivity index (χ0v) is 9.34. The van der Waals surface area contributed by atoms with Gasteiger partial charge in [0.2, 0.25) is 0 Å². The van der Waals surface area contributed by atoms with Crippen molar-refractivity contribution in [2.45, 2.75) is 26.3 Å². The molecule has 0 aliphatic carbocycles. The number of benzene rings is 1. The van der Waals surface area contributed by atoms with Gasteiger partial charge in [-0.3, -0.25) is 4.79 Å². The van der Waals surface area contributed by atoms with E-state index in [2.05, 4.69) is 0 Å². The second-order valence-electron chi connectivity index (χ2n) is 4.20. The molecule has 0 aliphatic heterocycles. The van der Waals surface area contributed by atoms with Crippen LogP contribution in [0.25, 0.3) is 0 Å². The van der Waals surface area contributed by atoms with Gasteiger partial charge in [0.1, 0.15) is 0 Å². The van der Waals surface area contributed by atoms with E-state index in [0.29, 0.717) is 6.42 Å². The van der Waals surface area contributed by atoms with Crippen molar-refractivity contribution >= 4 is 5.78 Å². The molecular weight excluding hydrogens is 212 g/mol. The molecule has 0 saturated carbocycles. The number of nitrogens with two attached hydrogens (primary N) is 1. The van der Waals surface area contributed by atoms with Gasteiger partial charge in [0.05, 0.1) is 11.6 Å². The maximum Gasteiger partial charge on any atom is 0.182 e. The summed E-state index contributed by atoms with van der Waals surface area (Å²) in [5, 5.41) is 0. The molecule has 0 spiro atoms. The molecule has 16 heavy (non-hydrogen) atoms. The molecule has 0 aliphatic rings. The molecular formula is C12H15F2NO. The van der Waals surface area contributed by atoms with E-state index in [1.54, 1.807) is 0 Å². The van der Waals surface area contributed by atoms with Crippen LogP contribution in [0.4, 0.5) is 8.78 Å². The third-order valence-corrected chi connectivity index (χ3v) is 2.28. The monoisotopic (exact) mass is 227 g/mol. The summed E-state index contributed by atoms with van der Waals surface area (Å²) in [4.78, 5) is 11.7. The van der Waals surface area contributed by atoms with Gasteiger partial charge in [-0.05, 0) is 24.5 Å². The van der Waals surface area contributed by atoms with Gasteiger partial charge < -0.3 is 5.73 Å². The lowest BCUT2D eigenvalue weighted by atomic mass is 9.96. The minimum Gasteiger partial charge on any atom is -0.321 e. The predicted molar refractivity (Wildman–Crippen MR) is 58.1 cm³/mol. The van der Waals surface area contributed by atoms with Gasteiger partial charge in [0, 0.05) is 0 Å². The molecule has 1 unspecified atom stereocenters. The second kappa shape index (κ2) is 5.16. The first-order chi connectivity index (χ1) is 7.43. The number of hydrogen-bond acceptors (Lipinski definition) is 2. The predicted octanol–water partition coefficient (Wildman–Crippen LogP) is 2.52. The van der Waals surface area contributed by atoms with E-state index in [1.807, 2.05) is 13.8 Å². The largest absolute Gasteiger partial charge is 0.321 e. The summed E-state index contributed by atoms with van der Waals surface area (Å²) < 4.78 is 26.2. The molecule has 2 N–H and O–H groups in total. The third kappa shape index (κ3) is 2.85. The highest BCUT2D eigenvalue weighted by Gasteiger charge is 2.21. The van der Waals surface area contributed by atoms with Crippen molar-refractivity contribution in [1.29, 1.82) is 0 Å². The van der Waals surface area contributed by atoms with Gasteiger partial charge in [0.25, 0.3) is 0 Å². The molecule has 0 radical (unpaired) electrons. The van der Waals surface area contributed by atoms with Gasteiger partial charge in [-0.15, -0.1) is 0 Å². The Morgan fingerprint density at radius 3 is 2.56 bits per heavy atom. The lowest BCUT2D eigenvalue weighted by Crippen LogP contribution is -2.32. The topological polar surface area (TPSA) is 43.1 Å². The van der Waals surface area contributed by atoms with Gasteiger partial charge in [-0.25, -0.2) is 8.78 Å². The van der Waals surface area contributed by atoms with Crippen molar-refractivity contribution in [2.75, 3.05) is 0 Å². The van der Waals surface area contributed by atoms with Crippen molar-refractivity contribution in [2.24, 2.45) is 11.7 Å². The van der Waals surface area contributed by atoms with Crippen LogP contribution in [0.15, 0.2) is 18.2 Å². The van der Waals surface area contributed by atoms with Crippen LogP contribution in [0, 0.1) is 17.6 Å². The van der Waals surface area contributed by atoms with Crippen LogP contribution in [0.1, 0.15) is 30.6 Å². The number of carbonyl (C=O) groups excluding carboxylic acids is 1. The van der Waals surface area contributed by atoms with Crippen LogP contribution in [-0.4, -0.2) is 11.8 Å². The SMILES string of the molecule is CC(C)CC(N)C(=O)c1cccc(F)c1F. The Morgan fingerprint density at radius 2 is 2.00 bits per heavy atom. The molecule has 1 rings (SSSR count). The summed E-state index contributed by atoms with van der Waals surface area (Å²) in [6.45, 7) is 3.82. The van der Waals surface area contributed by atoms with Crippen LogP contribution < -0.4 is 5.73 Å². The molecule has 1 atom stereocenters. The standard InChI is InChI=1S/C12H15F2NO/c1-7(2)6-10(15)12(16)8-4-3-5-9(13)11(8)14/h3-5,7,10H,6,15H2,1-2H3. The molecule has 0 amide bonds. The summed E-state index contributed by atoms with van der Waals surface area (Å²) in [6, 6.07) is 2.74. The van der Waals surface area contributed by atoms with Crippen LogP contribution in [0.5, 0.6) is 0 Å². The summed E-state index contributed by atoms with van der Waals surface area (Å²) >= 11 is 0. The Bertz CT molecular complexity index is 391. The Hall–Kier alpha value is -1.29. The molecule has 88 valence electrons. The minimum absolute atomic E-state index is 0.232. The Balaban J connectivity index is 2.92. The van der Waals surface area contributed by atoms with Crippen molar-refractivity contribution in [3.05, 3.63) is 35.4 Å². The molecule has 0 heterocycles. The van der Waals surface area contributed by atoms with Crippen molar-refractivity contribution in [3.63, 3.8) is 0 Å². The minimum atomic E-state index is -1.12. The molecule has 0 fully saturated rings. The van der Waals surface area contributed by atoms with Crippen molar-refractivity contribution in [1.82, 2.24) is 0 Å². The Morgan fingerprint density at radius 1 is 1.38 bits per heavy atom. The average molecular weight is 227 g/mol. The number of ketones is 1. The first kappa shape index (κ1) is 12.8. The van der Waals surface area contributed by atoms with Gasteiger partial charge in [0.15, 0.2) is 17.4 Å². The lowest BCUT2D eigenvalue weighted by Gasteiger charge is -2.13. The number of halogens is 2. The van der Waals surface area contributed by atoms with Crippen LogP contribution in [0.2, 0.25) is 0 Å². The maximum atomic E-state index is 13.3. The van der Waals surface area contributed by atoms with E-state index >= 15 is 0 Å². The highest BCUT2D eigenvalue weighted by atomic mass is 19.2. The number of hydrogen-bond donors (Lipinski definition) is 1. The normalized spacial score (nSPS) is 12.9. The smallest absolute Gasteiger partial charge is 0.182 e. The second-order valence-corrected chi connectivity index (χ2v) is 4.20. The highest BCUT2D eigenvalue weighted by molar-refractivity contribution is 6.00. The molecule has 0 aromatic heterocycles. The Labute approximate surface area is 93.5 Å². The van der Waals surface area contributed by atoms with Crippen molar-refractivity contribution < 1.29 is 13.6 Å². The van der Waals surface area contributed by atoms with Crippen molar-refractivity contribution in [3.8, 4) is 0 Å². The van der Waals surface area contributed by atoms with E-state index in [-0.39, 0.29) is 11.5 Å². The molecule has 0 bridgehead atoms. The lowest BCUT2D eigenvalue weighted by molar-refractivity contribution is 0.0946. The fraction of sp³-hybridized carbons (Fsp3) is 0.417. The fourth-order valence-electron chi connectivity index (χ4n) is 1.51. The van der Waals surface area contributed by atoms with Crippen LogP contribution in [-0.2, 0) is 0 Å². The number of Topliss-reactive ketones (excluding diaryl/α,β-unsaturated/α-hetero) is 1. The molecule has 1 aromatic rings. The van der Waals surface area contributed by atoms with E-state index in [0.717, 1.165) is 6.07 Å². The van der Waals surface area contributed by atoms with Gasteiger partial charge in [-0.2, -0.15) is 0 Å². The van der Waals surface area contributed by atoms with E-state index in [4.69, 9.17) is 5.73 Å². The molecule has 1 aromatic carbocycles.